The van der Waals surface area contributed by atoms with Crippen molar-refractivity contribution in [1.29, 1.82) is 0 Å². The van der Waals surface area contributed by atoms with Crippen molar-refractivity contribution in [1.82, 2.24) is 9.05 Å². The second-order valence-corrected chi connectivity index (χ2v) is 12.4. The molecule has 4 aromatic heterocycles. The summed E-state index contributed by atoms with van der Waals surface area (Å²) in [5, 5.41) is 6.45. The van der Waals surface area contributed by atoms with Crippen molar-refractivity contribution in [2.45, 2.75) is 6.92 Å². The third-order valence-corrected chi connectivity index (χ3v) is 10.5. The topological polar surface area (TPSA) is 23.0 Å². The van der Waals surface area contributed by atoms with Crippen LogP contribution in [0.5, 0.6) is 0 Å². The van der Waals surface area contributed by atoms with E-state index in [9.17, 15) is 0 Å². The Morgan fingerprint density at radius 2 is 1.50 bits per heavy atom. The number of hydrogen-bond acceptors (Lipinski definition) is 2. The van der Waals surface area contributed by atoms with Gasteiger partial charge >= 0.3 is 6.85 Å². The molecular formula is C35H19BN2OS. The van der Waals surface area contributed by atoms with Crippen LogP contribution in [0.3, 0.4) is 0 Å². The standard InChI is InChI=1S/C35H19BN2OS/c1-18-16-24-19-10-6-11-22-29-21-9-3-5-15-28(21)40-35(29)38(31(19)22)36-25-13-7-12-23-32(25)37(26(17-18)30(24)36)33-20-8-2-4-14-27(20)39-34(23)33/h2-17H,1H3. The summed E-state index contributed by atoms with van der Waals surface area (Å²) in [4.78, 5) is 1.36. The Labute approximate surface area is 232 Å². The maximum atomic E-state index is 6.58. The van der Waals surface area contributed by atoms with Gasteiger partial charge in [0.05, 0.1) is 10.3 Å². The number of rotatable bonds is 0. The predicted molar refractivity (Wildman–Crippen MR) is 170 cm³/mol. The van der Waals surface area contributed by atoms with E-state index in [2.05, 4.69) is 113 Å². The van der Waals surface area contributed by atoms with E-state index < -0.39 is 0 Å². The molecule has 0 spiro atoms. The lowest BCUT2D eigenvalue weighted by Gasteiger charge is -2.34. The third-order valence-electron chi connectivity index (χ3n) is 9.33. The number of benzene rings is 5. The van der Waals surface area contributed by atoms with Crippen LogP contribution in [0.1, 0.15) is 5.56 Å². The molecule has 3 nitrogen and oxygen atoms in total. The fourth-order valence-corrected chi connectivity index (χ4v) is 9.19. The average Bonchev–Trinajstić information content (AvgIpc) is 3.71. The maximum Gasteiger partial charge on any atom is 0.333 e. The largest absolute Gasteiger partial charge is 0.454 e. The zero-order valence-corrected chi connectivity index (χ0v) is 22.3. The summed E-state index contributed by atoms with van der Waals surface area (Å²) in [6.45, 7) is 2.33. The molecule has 0 atom stereocenters. The van der Waals surface area contributed by atoms with E-state index in [0.717, 1.165) is 11.2 Å². The number of furan rings is 1. The first-order valence-electron chi connectivity index (χ1n) is 13.8. The van der Waals surface area contributed by atoms with E-state index in [1.54, 1.807) is 0 Å². The smallest absolute Gasteiger partial charge is 0.333 e. The minimum Gasteiger partial charge on any atom is -0.454 e. The second kappa shape index (κ2) is 6.52. The highest BCUT2D eigenvalue weighted by molar-refractivity contribution is 7.26. The minimum absolute atomic E-state index is 0.0926. The number of para-hydroxylation sites is 3. The van der Waals surface area contributed by atoms with Crippen LogP contribution < -0.4 is 10.9 Å². The van der Waals surface area contributed by atoms with Crippen LogP contribution in [0, 0.1) is 6.92 Å². The van der Waals surface area contributed by atoms with Gasteiger partial charge in [-0.1, -0.05) is 66.7 Å². The van der Waals surface area contributed by atoms with Crippen LogP contribution in [-0.2, 0) is 0 Å². The van der Waals surface area contributed by atoms with E-state index in [1.165, 1.54) is 86.3 Å². The molecular weight excluding hydrogens is 507 g/mol. The molecule has 0 fully saturated rings. The maximum absolute atomic E-state index is 6.58. The molecule has 9 aromatic rings. The number of nitrogens with zero attached hydrogens (tertiary/aromatic N) is 2. The normalized spacial score (nSPS) is 13.6. The van der Waals surface area contributed by atoms with Gasteiger partial charge in [0.15, 0.2) is 5.58 Å². The van der Waals surface area contributed by atoms with Gasteiger partial charge in [-0.25, -0.2) is 0 Å². The first-order chi connectivity index (χ1) is 19.8. The molecule has 0 saturated carbocycles. The molecule has 11 rings (SSSR count). The quantitative estimate of drug-likeness (QED) is 0.183. The monoisotopic (exact) mass is 526 g/mol. The van der Waals surface area contributed by atoms with Crippen molar-refractivity contribution in [3.63, 3.8) is 0 Å². The Morgan fingerprint density at radius 3 is 2.45 bits per heavy atom. The summed E-state index contributed by atoms with van der Waals surface area (Å²) in [5.74, 6) is 0. The molecule has 5 heteroatoms. The van der Waals surface area contributed by atoms with Crippen LogP contribution in [0.2, 0.25) is 0 Å². The van der Waals surface area contributed by atoms with Gasteiger partial charge in [-0.05, 0) is 59.3 Å². The van der Waals surface area contributed by atoms with Gasteiger partial charge in [-0.2, -0.15) is 0 Å². The first-order valence-corrected chi connectivity index (χ1v) is 14.6. The van der Waals surface area contributed by atoms with Crippen molar-refractivity contribution in [3.8, 4) is 16.8 Å². The summed E-state index contributed by atoms with van der Waals surface area (Å²) in [5.41, 5.74) is 13.7. The molecule has 0 bridgehead atoms. The molecule has 0 amide bonds. The van der Waals surface area contributed by atoms with Gasteiger partial charge in [0.1, 0.15) is 11.1 Å². The Hall–Kier alpha value is -4.74. The molecule has 40 heavy (non-hydrogen) atoms. The van der Waals surface area contributed by atoms with Crippen molar-refractivity contribution in [2.75, 3.05) is 0 Å². The molecule has 2 aliphatic heterocycles. The van der Waals surface area contributed by atoms with Crippen LogP contribution in [0.15, 0.2) is 101 Å². The molecule has 0 aliphatic carbocycles. The highest BCUT2D eigenvalue weighted by Gasteiger charge is 2.42. The van der Waals surface area contributed by atoms with E-state index in [-0.39, 0.29) is 6.85 Å². The summed E-state index contributed by atoms with van der Waals surface area (Å²) < 4.78 is 13.1. The number of aromatic nitrogens is 2. The molecule has 2 aliphatic rings. The predicted octanol–water partition coefficient (Wildman–Crippen LogP) is 8.11. The molecule has 0 N–H and O–H groups in total. The zero-order valence-electron chi connectivity index (χ0n) is 21.5. The van der Waals surface area contributed by atoms with Crippen LogP contribution >= 0.6 is 11.3 Å². The van der Waals surface area contributed by atoms with Gasteiger partial charge in [0, 0.05) is 48.4 Å². The summed E-state index contributed by atoms with van der Waals surface area (Å²) in [6, 6.07) is 35.8. The molecule has 0 saturated heterocycles. The lowest BCUT2D eigenvalue weighted by molar-refractivity contribution is 0.673. The van der Waals surface area contributed by atoms with Crippen LogP contribution in [0.25, 0.3) is 81.0 Å². The Kier molecular flexibility index (Phi) is 3.29. The van der Waals surface area contributed by atoms with E-state index in [1.807, 2.05) is 11.3 Å². The van der Waals surface area contributed by atoms with Crippen molar-refractivity contribution in [3.05, 3.63) is 103 Å². The first kappa shape index (κ1) is 20.2. The molecule has 0 radical (unpaired) electrons. The summed E-state index contributed by atoms with van der Waals surface area (Å²) in [7, 11) is 0. The molecule has 5 aromatic carbocycles. The molecule has 184 valence electrons. The molecule has 6 heterocycles. The lowest BCUT2D eigenvalue weighted by atomic mass is 9.45. The van der Waals surface area contributed by atoms with E-state index in [4.69, 9.17) is 4.42 Å². The Morgan fingerprint density at radius 1 is 0.700 bits per heavy atom. The Bertz CT molecular complexity index is 2630. The average molecular weight is 526 g/mol. The van der Waals surface area contributed by atoms with Crippen molar-refractivity contribution in [2.24, 2.45) is 0 Å². The number of hydrogen-bond donors (Lipinski definition) is 0. The zero-order chi connectivity index (χ0) is 25.9. The minimum atomic E-state index is 0.0926. The van der Waals surface area contributed by atoms with Crippen molar-refractivity contribution < 1.29 is 4.42 Å². The molecule has 0 unspecified atom stereocenters. The summed E-state index contributed by atoms with van der Waals surface area (Å²) >= 11 is 1.93. The van der Waals surface area contributed by atoms with Gasteiger partial charge in [-0.15, -0.1) is 11.3 Å². The summed E-state index contributed by atoms with van der Waals surface area (Å²) in [6.07, 6.45) is 0. The van der Waals surface area contributed by atoms with E-state index in [0.29, 0.717) is 0 Å². The van der Waals surface area contributed by atoms with Gasteiger partial charge in [-0.3, -0.25) is 0 Å². The fraction of sp³-hybridized carbons (Fsp3) is 0.0286. The van der Waals surface area contributed by atoms with Gasteiger partial charge in [0.25, 0.3) is 0 Å². The second-order valence-electron chi connectivity index (χ2n) is 11.4. The lowest BCUT2D eigenvalue weighted by Crippen LogP contribution is -2.55. The van der Waals surface area contributed by atoms with Gasteiger partial charge in [0.2, 0.25) is 0 Å². The van der Waals surface area contributed by atoms with Gasteiger partial charge < -0.3 is 13.5 Å². The number of aryl methyl sites for hydroxylation is 1. The van der Waals surface area contributed by atoms with Crippen LogP contribution in [0.4, 0.5) is 0 Å². The third kappa shape index (κ3) is 2.07. The number of thiophene rings is 1. The highest BCUT2D eigenvalue weighted by Crippen LogP contribution is 2.48. The Balaban J connectivity index is 1.43. The van der Waals surface area contributed by atoms with Crippen molar-refractivity contribution >= 4 is 93.3 Å². The van der Waals surface area contributed by atoms with Crippen LogP contribution in [-0.4, -0.2) is 15.9 Å². The SMILES string of the molecule is Cc1cc2c3c(c1)-n1c4c(cccc4c4oc5ccccc5c41)B3n1c3sc4ccccc4c3c3cccc-2c31. The number of fused-ring (bicyclic) bond motifs is 14. The highest BCUT2D eigenvalue weighted by atomic mass is 32.1. The van der Waals surface area contributed by atoms with E-state index >= 15 is 0 Å². The fourth-order valence-electron chi connectivity index (χ4n) is 7.93.